The summed E-state index contributed by atoms with van der Waals surface area (Å²) in [5.74, 6) is -0.217. The van der Waals surface area contributed by atoms with Crippen molar-refractivity contribution >= 4 is 54.8 Å². The van der Waals surface area contributed by atoms with E-state index < -0.39 is 9.99 Å². The molecule has 2 aliphatic rings. The minimum atomic E-state index is -3.33. The highest BCUT2D eigenvalue weighted by Crippen LogP contribution is 2.28. The molecule has 0 aliphatic heterocycles. The molecule has 10 heteroatoms. The third-order valence-corrected chi connectivity index (χ3v) is 8.99. The SMILES string of the molecule is Cc1cc(C)c2cc(C)c3nnc(SCC(=O)N=C4C=CC(=S(=O)(O)NC5CCCC5)C=C4)n3c2c1. The molecule has 1 amide bonds. The number of hydrogen-bond acceptors (Lipinski definition) is 5. The van der Waals surface area contributed by atoms with Crippen molar-refractivity contribution in [1.82, 2.24) is 19.3 Å². The Bertz CT molecular complexity index is 1570. The molecule has 1 unspecified atom stereocenters. The van der Waals surface area contributed by atoms with Gasteiger partial charge in [-0.05, 0) is 86.7 Å². The van der Waals surface area contributed by atoms with Crippen LogP contribution in [0.2, 0.25) is 0 Å². The van der Waals surface area contributed by atoms with Crippen LogP contribution in [0.5, 0.6) is 0 Å². The molecular weight excluding hydrogens is 494 g/mol. The Morgan fingerprint density at radius 1 is 1.11 bits per heavy atom. The quantitative estimate of drug-likeness (QED) is 0.380. The number of pyridine rings is 1. The van der Waals surface area contributed by atoms with Crippen LogP contribution in [0.25, 0.3) is 16.6 Å². The van der Waals surface area contributed by atoms with Gasteiger partial charge in [-0.2, -0.15) is 0 Å². The van der Waals surface area contributed by atoms with Gasteiger partial charge < -0.3 is 4.55 Å². The fourth-order valence-electron chi connectivity index (χ4n) is 4.79. The van der Waals surface area contributed by atoms with Crippen molar-refractivity contribution in [1.29, 1.82) is 0 Å². The van der Waals surface area contributed by atoms with Gasteiger partial charge in [-0.25, -0.2) is 13.9 Å². The third kappa shape index (κ3) is 5.04. The van der Waals surface area contributed by atoms with E-state index in [9.17, 15) is 13.6 Å². The predicted molar refractivity (Wildman–Crippen MR) is 147 cm³/mol. The lowest BCUT2D eigenvalue weighted by Crippen LogP contribution is -2.35. The van der Waals surface area contributed by atoms with Crippen molar-refractivity contribution in [2.45, 2.75) is 57.7 Å². The van der Waals surface area contributed by atoms with Gasteiger partial charge in [0.05, 0.1) is 21.8 Å². The molecule has 36 heavy (non-hydrogen) atoms. The van der Waals surface area contributed by atoms with Crippen molar-refractivity contribution in [3.63, 3.8) is 0 Å². The van der Waals surface area contributed by atoms with E-state index in [1.165, 1.54) is 17.3 Å². The van der Waals surface area contributed by atoms with Crippen LogP contribution in [-0.2, 0) is 14.8 Å². The van der Waals surface area contributed by atoms with E-state index in [1.807, 2.05) is 11.3 Å². The first kappa shape index (κ1) is 24.9. The second-order valence-electron chi connectivity index (χ2n) is 9.40. The smallest absolute Gasteiger partial charge is 0.256 e. The fourth-order valence-corrected chi connectivity index (χ4v) is 6.85. The average molecular weight is 524 g/mol. The number of hydrogen-bond donors (Lipinski definition) is 2. The van der Waals surface area contributed by atoms with Gasteiger partial charge in [0.2, 0.25) is 0 Å². The van der Waals surface area contributed by atoms with E-state index in [-0.39, 0.29) is 22.6 Å². The number of aliphatic imine (C=N–C) groups is 1. The average Bonchev–Trinajstić information content (AvgIpc) is 3.49. The monoisotopic (exact) mass is 523 g/mol. The summed E-state index contributed by atoms with van der Waals surface area (Å²) < 4.78 is 28.0. The normalized spacial score (nSPS) is 17.9. The summed E-state index contributed by atoms with van der Waals surface area (Å²) in [7, 11) is -3.33. The first-order valence-electron chi connectivity index (χ1n) is 12.0. The summed E-state index contributed by atoms with van der Waals surface area (Å²) in [5.41, 5.74) is 5.58. The Morgan fingerprint density at radius 2 is 1.83 bits per heavy atom. The highest BCUT2D eigenvalue weighted by atomic mass is 32.2. The first-order chi connectivity index (χ1) is 17.2. The van der Waals surface area contributed by atoms with Gasteiger partial charge in [-0.1, -0.05) is 30.7 Å². The largest absolute Gasteiger partial charge is 0.302 e. The predicted octanol–water partition coefficient (Wildman–Crippen LogP) is 4.37. The second-order valence-corrected chi connectivity index (χ2v) is 12.1. The second kappa shape index (κ2) is 9.93. The molecule has 3 aromatic rings. The number of nitrogens with one attached hydrogen (secondary N) is 1. The fraction of sp³-hybridized carbons (Fsp3) is 0.346. The lowest BCUT2D eigenvalue weighted by molar-refractivity contribution is -0.115. The van der Waals surface area contributed by atoms with Crippen molar-refractivity contribution in [3.05, 3.63) is 59.2 Å². The summed E-state index contributed by atoms with van der Waals surface area (Å²) in [6.07, 6.45) is 10.3. The molecule has 0 radical (unpaired) electrons. The number of aromatic nitrogens is 3. The summed E-state index contributed by atoms with van der Waals surface area (Å²) in [6, 6.07) is 6.45. The van der Waals surface area contributed by atoms with E-state index in [4.69, 9.17) is 0 Å². The molecule has 0 saturated heterocycles. The van der Waals surface area contributed by atoms with Crippen molar-refractivity contribution in [2.75, 3.05) is 5.75 Å². The Morgan fingerprint density at radius 3 is 2.56 bits per heavy atom. The zero-order chi connectivity index (χ0) is 25.4. The van der Waals surface area contributed by atoms with Gasteiger partial charge in [-0.3, -0.25) is 9.20 Å². The maximum Gasteiger partial charge on any atom is 0.256 e. The van der Waals surface area contributed by atoms with Crippen molar-refractivity contribution in [3.8, 4) is 0 Å². The van der Waals surface area contributed by atoms with Crippen molar-refractivity contribution < 1.29 is 13.6 Å². The minimum Gasteiger partial charge on any atom is -0.302 e. The number of amides is 1. The Labute approximate surface area is 215 Å². The van der Waals surface area contributed by atoms with Gasteiger partial charge in [0.1, 0.15) is 0 Å². The van der Waals surface area contributed by atoms with Crippen LogP contribution in [0, 0.1) is 20.8 Å². The number of thioether (sulfide) groups is 1. The lowest BCUT2D eigenvalue weighted by atomic mass is 10.0. The molecule has 0 spiro atoms. The minimum absolute atomic E-state index is 0.0624. The van der Waals surface area contributed by atoms with E-state index in [2.05, 4.69) is 52.0 Å². The molecule has 0 bridgehead atoms. The first-order valence-corrected chi connectivity index (χ1v) is 14.5. The standard InChI is InChI=1S/C26H29N5O3S2/c1-16-12-17(2)22-14-18(3)25-28-29-26(31(25)23(22)13-16)35-15-24(32)27-19-8-10-21(11-9-19)36(33,34)30-20-6-4-5-7-20/h8-14,20H,4-7,15H2,1-3H3,(H2,30,33,34). The number of carbonyl (C=O) groups excluding carboxylic acids is 1. The van der Waals surface area contributed by atoms with Crippen LogP contribution in [-0.4, -0.2) is 51.6 Å². The molecule has 1 saturated carbocycles. The highest BCUT2D eigenvalue weighted by molar-refractivity contribution is 7.99. The van der Waals surface area contributed by atoms with Crippen molar-refractivity contribution in [2.24, 2.45) is 4.99 Å². The highest BCUT2D eigenvalue weighted by Gasteiger charge is 2.20. The molecule has 8 nitrogen and oxygen atoms in total. The number of rotatable bonds is 5. The molecule has 1 aromatic carbocycles. The summed E-state index contributed by atoms with van der Waals surface area (Å²) >= 11 is 1.29. The number of aryl methyl sites for hydroxylation is 3. The van der Waals surface area contributed by atoms with E-state index in [1.54, 1.807) is 24.3 Å². The maximum atomic E-state index is 12.7. The third-order valence-electron chi connectivity index (χ3n) is 6.51. The topological polar surface area (TPSA) is 109 Å². The Hall–Kier alpha value is -2.79. The molecule has 1 fully saturated rings. The summed E-state index contributed by atoms with van der Waals surface area (Å²) in [6.45, 7) is 6.16. The molecule has 5 rings (SSSR count). The summed E-state index contributed by atoms with van der Waals surface area (Å²) in [5, 5.41) is 10.5. The van der Waals surface area contributed by atoms with E-state index in [0.717, 1.165) is 53.4 Å². The van der Waals surface area contributed by atoms with Gasteiger partial charge in [0.15, 0.2) is 20.8 Å². The molecule has 1 atom stereocenters. The van der Waals surface area contributed by atoms with Crippen LogP contribution in [0.15, 0.2) is 52.7 Å². The summed E-state index contributed by atoms with van der Waals surface area (Å²) in [4.78, 5) is 17.1. The van der Waals surface area contributed by atoms with Gasteiger partial charge in [0, 0.05) is 11.4 Å². The lowest BCUT2D eigenvalue weighted by Gasteiger charge is -2.15. The van der Waals surface area contributed by atoms with E-state index in [0.29, 0.717) is 10.9 Å². The number of allylic oxidation sites excluding steroid dienone is 4. The van der Waals surface area contributed by atoms with E-state index >= 15 is 0 Å². The number of benzene rings is 1. The van der Waals surface area contributed by atoms with Crippen LogP contribution in [0.3, 0.4) is 0 Å². The van der Waals surface area contributed by atoms with Crippen LogP contribution < -0.4 is 4.72 Å². The number of fused-ring (bicyclic) bond motifs is 3. The Balaban J connectivity index is 1.32. The van der Waals surface area contributed by atoms with Crippen LogP contribution in [0.4, 0.5) is 0 Å². The molecule has 2 heterocycles. The van der Waals surface area contributed by atoms with Crippen LogP contribution in [0.1, 0.15) is 42.4 Å². The van der Waals surface area contributed by atoms with Gasteiger partial charge in [-0.15, -0.1) is 10.2 Å². The zero-order valence-corrected chi connectivity index (χ0v) is 22.2. The zero-order valence-electron chi connectivity index (χ0n) is 20.5. The van der Waals surface area contributed by atoms with Crippen LogP contribution >= 0.6 is 11.8 Å². The molecule has 2 aromatic heterocycles. The van der Waals surface area contributed by atoms with Gasteiger partial charge in [0.25, 0.3) is 5.91 Å². The Kier molecular flexibility index (Phi) is 6.86. The molecule has 2 aliphatic carbocycles. The van der Waals surface area contributed by atoms with Gasteiger partial charge >= 0.3 is 0 Å². The molecule has 2 N–H and O–H groups in total. The molecule has 188 valence electrons. The number of nitrogens with zero attached hydrogens (tertiary/aromatic N) is 4. The number of carbonyl (C=O) groups is 1. The maximum absolute atomic E-state index is 12.7. The molecular formula is C26H29N5O3S2.